The van der Waals surface area contributed by atoms with Crippen molar-refractivity contribution in [2.24, 2.45) is 0 Å². The average Bonchev–Trinajstić information content (AvgIpc) is 3.28. The lowest BCUT2D eigenvalue weighted by molar-refractivity contribution is 0.0240. The highest BCUT2D eigenvalue weighted by atomic mass is 16.6. The number of aromatic hydroxyl groups is 1. The number of pyridine rings is 1. The van der Waals surface area contributed by atoms with E-state index in [4.69, 9.17) is 9.47 Å². The van der Waals surface area contributed by atoms with Gasteiger partial charge in [-0.1, -0.05) is 0 Å². The molecule has 1 aliphatic heterocycles. The first-order valence-electron chi connectivity index (χ1n) is 12.8. The number of piperazine rings is 1. The summed E-state index contributed by atoms with van der Waals surface area (Å²) in [5.41, 5.74) is 0.793. The van der Waals surface area contributed by atoms with Crippen LogP contribution in [0.1, 0.15) is 31.3 Å². The minimum atomic E-state index is -0.557. The largest absolute Gasteiger partial charge is 0.497 e. The number of ether oxygens (including phenoxy) is 2. The third-order valence-electron chi connectivity index (χ3n) is 6.42. The van der Waals surface area contributed by atoms with Gasteiger partial charge in [-0.2, -0.15) is 0 Å². The SMILES string of the molecule is COc1ccc2cn(-c3cncc(C(=O)Nc4cnccc4N4CCN(C(=O)OC(C)(C)C)CC4)n3)c(O)c2c1. The van der Waals surface area contributed by atoms with Crippen LogP contribution in [0.15, 0.2) is 55.2 Å². The molecule has 1 saturated heterocycles. The molecule has 4 heterocycles. The Kier molecular flexibility index (Phi) is 7.16. The molecule has 1 fully saturated rings. The Hall–Kier alpha value is -4.87. The Morgan fingerprint density at radius 3 is 2.52 bits per heavy atom. The number of fused-ring (bicyclic) bond motifs is 1. The summed E-state index contributed by atoms with van der Waals surface area (Å²) in [4.78, 5) is 42.2. The van der Waals surface area contributed by atoms with Crippen LogP contribution in [0.5, 0.6) is 11.6 Å². The Labute approximate surface area is 231 Å². The molecule has 12 nitrogen and oxygen atoms in total. The van der Waals surface area contributed by atoms with E-state index in [9.17, 15) is 14.7 Å². The summed E-state index contributed by atoms with van der Waals surface area (Å²) in [5, 5.41) is 15.1. The molecule has 208 valence electrons. The van der Waals surface area contributed by atoms with E-state index >= 15 is 0 Å². The number of nitrogens with one attached hydrogen (secondary N) is 1. The zero-order chi connectivity index (χ0) is 28.4. The van der Waals surface area contributed by atoms with Crippen molar-refractivity contribution in [2.45, 2.75) is 26.4 Å². The van der Waals surface area contributed by atoms with E-state index in [-0.39, 0.29) is 23.5 Å². The summed E-state index contributed by atoms with van der Waals surface area (Å²) in [6, 6.07) is 7.16. The molecular formula is C28H31N7O5. The molecule has 0 bridgehead atoms. The minimum Gasteiger partial charge on any atom is -0.497 e. The fourth-order valence-electron chi connectivity index (χ4n) is 4.46. The van der Waals surface area contributed by atoms with Crippen LogP contribution in [-0.2, 0) is 4.74 Å². The molecule has 3 aromatic heterocycles. The summed E-state index contributed by atoms with van der Waals surface area (Å²) in [6.07, 6.45) is 7.42. The third kappa shape index (κ3) is 5.60. The van der Waals surface area contributed by atoms with Gasteiger partial charge in [0.25, 0.3) is 5.91 Å². The molecule has 40 heavy (non-hydrogen) atoms. The van der Waals surface area contributed by atoms with E-state index in [1.54, 1.807) is 42.7 Å². The molecule has 1 aliphatic rings. The predicted octanol–water partition coefficient (Wildman–Crippen LogP) is 3.84. The first-order valence-corrected chi connectivity index (χ1v) is 12.8. The lowest BCUT2D eigenvalue weighted by Gasteiger charge is -2.37. The zero-order valence-electron chi connectivity index (χ0n) is 22.8. The maximum absolute atomic E-state index is 13.2. The van der Waals surface area contributed by atoms with Gasteiger partial charge in [-0.05, 0) is 45.0 Å². The standard InChI is InChI=1S/C28H31N7O5/c1-28(2,3)40-27(38)34-11-9-33(10-12-34)23-7-8-29-14-21(23)32-25(36)22-15-30-16-24(31-22)35-17-18-5-6-19(39-4)13-20(18)26(35)37/h5-8,13-17,37H,9-12H2,1-4H3,(H,32,36). The van der Waals surface area contributed by atoms with Crippen molar-refractivity contribution in [3.63, 3.8) is 0 Å². The second-order valence-corrected chi connectivity index (χ2v) is 10.3. The molecule has 2 amide bonds. The van der Waals surface area contributed by atoms with Crippen LogP contribution in [0, 0.1) is 0 Å². The smallest absolute Gasteiger partial charge is 0.410 e. The van der Waals surface area contributed by atoms with Crippen LogP contribution in [-0.4, -0.2) is 80.4 Å². The number of anilines is 2. The quantitative estimate of drug-likeness (QED) is 0.383. The molecule has 5 rings (SSSR count). The first-order chi connectivity index (χ1) is 19.1. The molecule has 0 unspecified atom stereocenters. The second-order valence-electron chi connectivity index (χ2n) is 10.3. The topological polar surface area (TPSA) is 135 Å². The van der Waals surface area contributed by atoms with Crippen molar-refractivity contribution < 1.29 is 24.2 Å². The maximum atomic E-state index is 13.2. The van der Waals surface area contributed by atoms with Crippen LogP contribution in [0.2, 0.25) is 0 Å². The Balaban J connectivity index is 1.32. The van der Waals surface area contributed by atoms with E-state index in [2.05, 4.69) is 25.2 Å². The molecule has 2 N–H and O–H groups in total. The van der Waals surface area contributed by atoms with Crippen LogP contribution in [0.4, 0.5) is 16.2 Å². The predicted molar refractivity (Wildman–Crippen MR) is 149 cm³/mol. The molecular weight excluding hydrogens is 514 g/mol. The van der Waals surface area contributed by atoms with Crippen molar-refractivity contribution in [3.05, 3.63) is 60.9 Å². The molecule has 12 heteroatoms. The number of aromatic nitrogens is 4. The van der Waals surface area contributed by atoms with Gasteiger partial charge >= 0.3 is 6.09 Å². The maximum Gasteiger partial charge on any atom is 0.410 e. The number of carbonyl (C=O) groups excluding carboxylic acids is 2. The summed E-state index contributed by atoms with van der Waals surface area (Å²) in [5.74, 6) is 0.373. The van der Waals surface area contributed by atoms with Gasteiger partial charge in [0.15, 0.2) is 5.82 Å². The van der Waals surface area contributed by atoms with Crippen molar-refractivity contribution in [1.29, 1.82) is 0 Å². The molecule has 0 radical (unpaired) electrons. The molecule has 1 aromatic carbocycles. The number of hydrogen-bond acceptors (Lipinski definition) is 9. The molecule has 0 aliphatic carbocycles. The van der Waals surface area contributed by atoms with Gasteiger partial charge in [-0.25, -0.2) is 9.78 Å². The minimum absolute atomic E-state index is 0.0409. The highest BCUT2D eigenvalue weighted by molar-refractivity contribution is 6.04. The van der Waals surface area contributed by atoms with Gasteiger partial charge < -0.3 is 29.7 Å². The number of hydrogen-bond donors (Lipinski definition) is 2. The number of rotatable bonds is 5. The molecule has 0 spiro atoms. The summed E-state index contributed by atoms with van der Waals surface area (Å²) in [7, 11) is 1.56. The summed E-state index contributed by atoms with van der Waals surface area (Å²) < 4.78 is 12.2. The van der Waals surface area contributed by atoms with Crippen molar-refractivity contribution in [3.8, 4) is 17.4 Å². The first kappa shape index (κ1) is 26.7. The van der Waals surface area contributed by atoms with Crippen molar-refractivity contribution in [1.82, 2.24) is 24.4 Å². The fraction of sp³-hybridized carbons (Fsp3) is 0.321. The van der Waals surface area contributed by atoms with Gasteiger partial charge in [-0.3, -0.25) is 19.3 Å². The van der Waals surface area contributed by atoms with Crippen molar-refractivity contribution in [2.75, 3.05) is 43.5 Å². The summed E-state index contributed by atoms with van der Waals surface area (Å²) in [6.45, 7) is 7.62. The normalized spacial score (nSPS) is 13.8. The second kappa shape index (κ2) is 10.7. The van der Waals surface area contributed by atoms with E-state index in [1.165, 1.54) is 17.0 Å². The molecule has 4 aromatic rings. The Bertz CT molecular complexity index is 1550. The van der Waals surface area contributed by atoms with Crippen molar-refractivity contribution >= 4 is 34.1 Å². The van der Waals surface area contributed by atoms with Gasteiger partial charge in [0.1, 0.15) is 17.0 Å². The van der Waals surface area contributed by atoms with E-state index in [0.717, 1.165) is 11.1 Å². The Morgan fingerprint density at radius 1 is 1.02 bits per heavy atom. The lowest BCUT2D eigenvalue weighted by atomic mass is 10.2. The van der Waals surface area contributed by atoms with E-state index < -0.39 is 11.5 Å². The number of methoxy groups -OCH3 is 1. The average molecular weight is 546 g/mol. The third-order valence-corrected chi connectivity index (χ3v) is 6.42. The van der Waals surface area contributed by atoms with Gasteiger partial charge in [-0.15, -0.1) is 0 Å². The lowest BCUT2D eigenvalue weighted by Crippen LogP contribution is -2.50. The fourth-order valence-corrected chi connectivity index (χ4v) is 4.46. The van der Waals surface area contributed by atoms with Gasteiger partial charge in [0.2, 0.25) is 5.88 Å². The molecule has 0 saturated carbocycles. The monoisotopic (exact) mass is 545 g/mol. The van der Waals surface area contributed by atoms with Crippen LogP contribution >= 0.6 is 0 Å². The van der Waals surface area contributed by atoms with Crippen LogP contribution in [0.3, 0.4) is 0 Å². The summed E-state index contributed by atoms with van der Waals surface area (Å²) >= 11 is 0. The van der Waals surface area contributed by atoms with Gasteiger partial charge in [0.05, 0.1) is 37.1 Å². The van der Waals surface area contributed by atoms with Crippen LogP contribution in [0.25, 0.3) is 16.6 Å². The number of nitrogens with zero attached hydrogens (tertiary/aromatic N) is 6. The van der Waals surface area contributed by atoms with E-state index in [0.29, 0.717) is 43.0 Å². The van der Waals surface area contributed by atoms with Gasteiger partial charge in [0, 0.05) is 49.3 Å². The van der Waals surface area contributed by atoms with Crippen LogP contribution < -0.4 is 15.0 Å². The Morgan fingerprint density at radius 2 is 1.80 bits per heavy atom. The number of benzene rings is 1. The molecule has 0 atom stereocenters. The van der Waals surface area contributed by atoms with E-state index in [1.807, 2.05) is 32.9 Å². The highest BCUT2D eigenvalue weighted by Crippen LogP contribution is 2.32. The number of amides is 2. The zero-order valence-corrected chi connectivity index (χ0v) is 22.8. The number of carbonyl (C=O) groups is 2. The highest BCUT2D eigenvalue weighted by Gasteiger charge is 2.27.